The Labute approximate surface area is 160 Å². The average Bonchev–Trinajstić information content (AvgIpc) is 2.68. The van der Waals surface area contributed by atoms with Crippen LogP contribution < -0.4 is 10.1 Å². The Morgan fingerprint density at radius 3 is 2.26 bits per heavy atom. The van der Waals surface area contributed by atoms with Crippen LogP contribution in [0.2, 0.25) is 0 Å². The molecule has 0 aromatic heterocycles. The maximum Gasteiger partial charge on any atom is 0.260 e. The third kappa shape index (κ3) is 4.88. The minimum atomic E-state index is -0.0567. The number of ether oxygens (including phenoxy) is 1. The van der Waals surface area contributed by atoms with Gasteiger partial charge in [0, 0.05) is 24.7 Å². The van der Waals surface area contributed by atoms with E-state index in [0.29, 0.717) is 18.7 Å². The standard InChI is InChI=1S/C22H26N2O3/c1-16-7-6-8-17(2)21(16)27-15-20(25)24-13-11-19(12-14-24)23-22(26)18-9-4-3-5-10-18/h3-10,19H,11-15H2,1-2H3,(H,23,26). The number of piperidine rings is 1. The van der Waals surface area contributed by atoms with Gasteiger partial charge < -0.3 is 15.0 Å². The summed E-state index contributed by atoms with van der Waals surface area (Å²) in [7, 11) is 0. The Kier molecular flexibility index (Phi) is 6.12. The Bertz CT molecular complexity index is 776. The minimum absolute atomic E-state index is 0.00881. The number of nitrogens with one attached hydrogen (secondary N) is 1. The molecule has 1 fully saturated rings. The van der Waals surface area contributed by atoms with Gasteiger partial charge in [-0.3, -0.25) is 9.59 Å². The van der Waals surface area contributed by atoms with E-state index < -0.39 is 0 Å². The van der Waals surface area contributed by atoms with Gasteiger partial charge in [0.1, 0.15) is 5.75 Å². The normalized spacial score (nSPS) is 14.7. The summed E-state index contributed by atoms with van der Waals surface area (Å²) in [6.45, 7) is 5.28. The van der Waals surface area contributed by atoms with Crippen LogP contribution in [0.3, 0.4) is 0 Å². The molecule has 1 aliphatic heterocycles. The van der Waals surface area contributed by atoms with Crippen molar-refractivity contribution in [3.8, 4) is 5.75 Å². The van der Waals surface area contributed by atoms with Crippen molar-refractivity contribution in [3.05, 3.63) is 65.2 Å². The van der Waals surface area contributed by atoms with Gasteiger partial charge in [-0.25, -0.2) is 0 Å². The Balaban J connectivity index is 1.46. The number of aryl methyl sites for hydroxylation is 2. The van der Waals surface area contributed by atoms with E-state index in [2.05, 4.69) is 5.32 Å². The van der Waals surface area contributed by atoms with E-state index >= 15 is 0 Å². The van der Waals surface area contributed by atoms with Crippen molar-refractivity contribution < 1.29 is 14.3 Å². The maximum absolute atomic E-state index is 12.5. The Morgan fingerprint density at radius 1 is 1.00 bits per heavy atom. The first-order chi connectivity index (χ1) is 13.0. The van der Waals surface area contributed by atoms with Crippen molar-refractivity contribution in [1.29, 1.82) is 0 Å². The van der Waals surface area contributed by atoms with Crippen LogP contribution in [-0.2, 0) is 4.79 Å². The minimum Gasteiger partial charge on any atom is -0.483 e. The molecule has 1 heterocycles. The van der Waals surface area contributed by atoms with Crippen LogP contribution in [0.15, 0.2) is 48.5 Å². The van der Waals surface area contributed by atoms with Crippen molar-refractivity contribution in [2.75, 3.05) is 19.7 Å². The van der Waals surface area contributed by atoms with Crippen LogP contribution in [-0.4, -0.2) is 42.5 Å². The van der Waals surface area contributed by atoms with Crippen molar-refractivity contribution in [3.63, 3.8) is 0 Å². The van der Waals surface area contributed by atoms with Crippen LogP contribution in [0.5, 0.6) is 5.75 Å². The van der Waals surface area contributed by atoms with Crippen LogP contribution in [0.4, 0.5) is 0 Å². The van der Waals surface area contributed by atoms with E-state index in [9.17, 15) is 9.59 Å². The SMILES string of the molecule is Cc1cccc(C)c1OCC(=O)N1CCC(NC(=O)c2ccccc2)CC1. The summed E-state index contributed by atoms with van der Waals surface area (Å²) in [6.07, 6.45) is 1.52. The highest BCUT2D eigenvalue weighted by Gasteiger charge is 2.24. The molecule has 0 aliphatic carbocycles. The number of amides is 2. The maximum atomic E-state index is 12.5. The molecule has 5 nitrogen and oxygen atoms in total. The average molecular weight is 366 g/mol. The fraction of sp³-hybridized carbons (Fsp3) is 0.364. The molecule has 1 saturated heterocycles. The van der Waals surface area contributed by atoms with Crippen LogP contribution >= 0.6 is 0 Å². The van der Waals surface area contributed by atoms with Gasteiger partial charge in [-0.1, -0.05) is 36.4 Å². The van der Waals surface area contributed by atoms with Gasteiger partial charge in [0.05, 0.1) is 0 Å². The molecule has 0 spiro atoms. The number of hydrogen-bond donors (Lipinski definition) is 1. The summed E-state index contributed by atoms with van der Waals surface area (Å²) in [4.78, 5) is 26.5. The predicted molar refractivity (Wildman–Crippen MR) is 105 cm³/mol. The number of benzene rings is 2. The first-order valence-electron chi connectivity index (χ1n) is 9.37. The lowest BCUT2D eigenvalue weighted by Crippen LogP contribution is -2.47. The number of nitrogens with zero attached hydrogens (tertiary/aromatic N) is 1. The quantitative estimate of drug-likeness (QED) is 0.885. The molecule has 2 amide bonds. The molecular formula is C22H26N2O3. The summed E-state index contributed by atoms with van der Waals surface area (Å²) in [5.41, 5.74) is 2.73. The van der Waals surface area contributed by atoms with E-state index in [0.717, 1.165) is 29.7 Å². The second-order valence-electron chi connectivity index (χ2n) is 7.00. The van der Waals surface area contributed by atoms with Crippen LogP contribution in [0.1, 0.15) is 34.3 Å². The van der Waals surface area contributed by atoms with Crippen LogP contribution in [0.25, 0.3) is 0 Å². The van der Waals surface area contributed by atoms with Gasteiger partial charge in [0.15, 0.2) is 6.61 Å². The molecule has 3 rings (SSSR count). The summed E-state index contributed by atoms with van der Waals surface area (Å²) >= 11 is 0. The molecule has 2 aromatic carbocycles. The fourth-order valence-electron chi connectivity index (χ4n) is 3.38. The van der Waals surface area contributed by atoms with E-state index in [4.69, 9.17) is 4.74 Å². The number of carbonyl (C=O) groups is 2. The first kappa shape index (κ1) is 19.0. The molecule has 1 N–H and O–H groups in total. The zero-order chi connectivity index (χ0) is 19.2. The summed E-state index contributed by atoms with van der Waals surface area (Å²) in [5, 5.41) is 3.06. The molecule has 0 radical (unpaired) electrons. The van der Waals surface area contributed by atoms with Crippen molar-refractivity contribution >= 4 is 11.8 Å². The second kappa shape index (κ2) is 8.71. The van der Waals surface area contributed by atoms with E-state index in [1.54, 1.807) is 12.1 Å². The molecule has 1 aliphatic rings. The van der Waals surface area contributed by atoms with Crippen LogP contribution in [0, 0.1) is 13.8 Å². The van der Waals surface area contributed by atoms with Crippen molar-refractivity contribution in [2.24, 2.45) is 0 Å². The molecule has 27 heavy (non-hydrogen) atoms. The molecular weight excluding hydrogens is 340 g/mol. The van der Waals surface area contributed by atoms with Gasteiger partial charge >= 0.3 is 0 Å². The van der Waals surface area contributed by atoms with Gasteiger partial charge in [0.25, 0.3) is 11.8 Å². The highest BCUT2D eigenvalue weighted by Crippen LogP contribution is 2.22. The zero-order valence-corrected chi connectivity index (χ0v) is 15.9. The largest absolute Gasteiger partial charge is 0.483 e. The topological polar surface area (TPSA) is 58.6 Å². The van der Waals surface area contributed by atoms with Crippen molar-refractivity contribution in [2.45, 2.75) is 32.7 Å². The van der Waals surface area contributed by atoms with E-state index in [1.807, 2.05) is 55.1 Å². The predicted octanol–water partition coefficient (Wildman–Crippen LogP) is 3.10. The van der Waals surface area contributed by atoms with E-state index in [1.165, 1.54) is 0 Å². The lowest BCUT2D eigenvalue weighted by atomic mass is 10.0. The lowest BCUT2D eigenvalue weighted by Gasteiger charge is -2.32. The van der Waals surface area contributed by atoms with Crippen molar-refractivity contribution in [1.82, 2.24) is 10.2 Å². The molecule has 2 aromatic rings. The monoisotopic (exact) mass is 366 g/mol. The smallest absolute Gasteiger partial charge is 0.260 e. The highest BCUT2D eigenvalue weighted by atomic mass is 16.5. The zero-order valence-electron chi connectivity index (χ0n) is 15.9. The molecule has 0 bridgehead atoms. The van der Waals surface area contributed by atoms with Gasteiger partial charge in [-0.05, 0) is 49.9 Å². The number of para-hydroxylation sites is 1. The number of likely N-dealkylation sites (tertiary alicyclic amines) is 1. The highest BCUT2D eigenvalue weighted by molar-refractivity contribution is 5.94. The third-order valence-corrected chi connectivity index (χ3v) is 4.97. The lowest BCUT2D eigenvalue weighted by molar-refractivity contribution is -0.134. The summed E-state index contributed by atoms with van der Waals surface area (Å²) in [5.74, 6) is 0.722. The fourth-order valence-corrected chi connectivity index (χ4v) is 3.38. The van der Waals surface area contributed by atoms with Gasteiger partial charge in [0.2, 0.25) is 0 Å². The first-order valence-corrected chi connectivity index (χ1v) is 9.37. The van der Waals surface area contributed by atoms with E-state index in [-0.39, 0.29) is 24.5 Å². The third-order valence-electron chi connectivity index (χ3n) is 4.97. The van der Waals surface area contributed by atoms with Gasteiger partial charge in [-0.2, -0.15) is 0 Å². The second-order valence-corrected chi connectivity index (χ2v) is 7.00. The summed E-state index contributed by atoms with van der Waals surface area (Å²) in [6, 6.07) is 15.2. The molecule has 142 valence electrons. The molecule has 0 saturated carbocycles. The molecule has 0 atom stereocenters. The molecule has 5 heteroatoms. The Hall–Kier alpha value is -2.82. The number of rotatable bonds is 5. The number of hydrogen-bond acceptors (Lipinski definition) is 3. The van der Waals surface area contributed by atoms with Gasteiger partial charge in [-0.15, -0.1) is 0 Å². The Morgan fingerprint density at radius 2 is 1.63 bits per heavy atom. The summed E-state index contributed by atoms with van der Waals surface area (Å²) < 4.78 is 5.77. The molecule has 0 unspecified atom stereocenters. The number of carbonyl (C=O) groups excluding carboxylic acids is 2.